The molecular weight excluding hydrogens is 557 g/mol. The molecule has 38 heavy (non-hydrogen) atoms. The van der Waals surface area contributed by atoms with Crippen molar-refractivity contribution in [3.8, 4) is 0 Å². The van der Waals surface area contributed by atoms with E-state index in [1.807, 2.05) is 70.9 Å². The summed E-state index contributed by atoms with van der Waals surface area (Å²) in [4.78, 5) is 30.8. The zero-order valence-electron chi connectivity index (χ0n) is 23.9. The van der Waals surface area contributed by atoms with Gasteiger partial charge in [0.2, 0.25) is 11.8 Å². The first kappa shape index (κ1) is 38.0. The van der Waals surface area contributed by atoms with Gasteiger partial charge < -0.3 is 25.5 Å². The number of thioether (sulfide) groups is 4. The molecule has 0 aromatic carbocycles. The summed E-state index contributed by atoms with van der Waals surface area (Å²) in [7, 11) is 4.04. The molecule has 224 valence electrons. The molecule has 0 spiro atoms. The van der Waals surface area contributed by atoms with E-state index >= 15 is 0 Å². The summed E-state index contributed by atoms with van der Waals surface area (Å²) < 4.78 is 0. The third kappa shape index (κ3) is 23.8. The maximum absolute atomic E-state index is 12.5. The van der Waals surface area contributed by atoms with Gasteiger partial charge in [0.15, 0.2) is 0 Å². The molecule has 2 amide bonds. The number of hydrogen-bond donors (Lipinski definition) is 2. The van der Waals surface area contributed by atoms with Crippen molar-refractivity contribution in [3.63, 3.8) is 0 Å². The molecule has 0 fully saturated rings. The van der Waals surface area contributed by atoms with E-state index in [4.69, 9.17) is 5.73 Å². The van der Waals surface area contributed by atoms with Gasteiger partial charge in [-0.2, -0.15) is 47.0 Å². The van der Waals surface area contributed by atoms with Gasteiger partial charge >= 0.3 is 0 Å². The first-order valence-corrected chi connectivity index (χ1v) is 18.5. The molecular formula is C27H54N4O3S4. The number of nitrogens with two attached hydrogens (primary N) is 1. The smallest absolute Gasteiger partial charge is 0.223 e. The Kier molecular flexibility index (Phi) is 28.5. The van der Waals surface area contributed by atoms with E-state index in [0.717, 1.165) is 85.7 Å². The van der Waals surface area contributed by atoms with Crippen LogP contribution in [0, 0.1) is 0 Å². The predicted octanol–water partition coefficient (Wildman–Crippen LogP) is 3.62. The molecule has 0 rings (SSSR count). The standard InChI is InChI=1S/C27H54N4O3S4/c1-4-12-30(15-14-29(2)3)26(33)9-24-37-23-8-21-36-19-6-13-31(16-17-32)27(34)10-25-38-22-7-20-35-18-5-11-28/h4,32H,1,5-25,28H2,2-3H3. The highest BCUT2D eigenvalue weighted by Gasteiger charge is 2.13. The summed E-state index contributed by atoms with van der Waals surface area (Å²) in [5, 5.41) is 9.35. The molecule has 0 aliphatic carbocycles. The second-order valence-electron chi connectivity index (χ2n) is 9.19. The molecule has 0 saturated carbocycles. The summed E-state index contributed by atoms with van der Waals surface area (Å²) in [6.45, 7) is 7.94. The van der Waals surface area contributed by atoms with Gasteiger partial charge in [0.05, 0.1) is 6.61 Å². The molecule has 11 heteroatoms. The monoisotopic (exact) mass is 610 g/mol. The van der Waals surface area contributed by atoms with Crippen molar-refractivity contribution in [1.82, 2.24) is 14.7 Å². The van der Waals surface area contributed by atoms with Crippen LogP contribution >= 0.6 is 47.0 Å². The molecule has 3 N–H and O–H groups in total. The van der Waals surface area contributed by atoms with Crippen LogP contribution in [0.3, 0.4) is 0 Å². The van der Waals surface area contributed by atoms with E-state index in [9.17, 15) is 14.7 Å². The van der Waals surface area contributed by atoms with E-state index in [1.54, 1.807) is 6.08 Å². The van der Waals surface area contributed by atoms with Gasteiger partial charge in [0.1, 0.15) is 0 Å². The lowest BCUT2D eigenvalue weighted by Gasteiger charge is -2.23. The molecule has 0 aromatic rings. The number of carbonyl (C=O) groups is 2. The largest absolute Gasteiger partial charge is 0.395 e. The fraction of sp³-hybridized carbons (Fsp3) is 0.852. The lowest BCUT2D eigenvalue weighted by Crippen LogP contribution is -2.36. The van der Waals surface area contributed by atoms with Crippen LogP contribution in [0.25, 0.3) is 0 Å². The summed E-state index contributed by atoms with van der Waals surface area (Å²) in [6, 6.07) is 0. The van der Waals surface area contributed by atoms with Gasteiger partial charge in [-0.05, 0) is 80.8 Å². The van der Waals surface area contributed by atoms with Gasteiger partial charge in [0.25, 0.3) is 0 Å². The number of aliphatic hydroxyl groups is 1. The molecule has 0 aliphatic rings. The van der Waals surface area contributed by atoms with E-state index in [1.165, 1.54) is 12.2 Å². The fourth-order valence-electron chi connectivity index (χ4n) is 3.39. The zero-order chi connectivity index (χ0) is 28.3. The molecule has 0 heterocycles. The summed E-state index contributed by atoms with van der Waals surface area (Å²) in [5.74, 6) is 8.69. The quantitative estimate of drug-likeness (QED) is 0.102. The normalized spacial score (nSPS) is 11.2. The Balaban J connectivity index is 3.80. The van der Waals surface area contributed by atoms with Crippen LogP contribution in [0.2, 0.25) is 0 Å². The Morgan fingerprint density at radius 3 is 1.71 bits per heavy atom. The highest BCUT2D eigenvalue weighted by atomic mass is 32.2. The lowest BCUT2D eigenvalue weighted by atomic mass is 10.3. The van der Waals surface area contributed by atoms with Crippen molar-refractivity contribution in [2.24, 2.45) is 5.73 Å². The third-order valence-corrected chi connectivity index (χ3v) is 9.98. The average molecular weight is 611 g/mol. The minimum atomic E-state index is 0.0206. The fourth-order valence-corrected chi connectivity index (χ4v) is 7.31. The maximum Gasteiger partial charge on any atom is 0.223 e. The van der Waals surface area contributed by atoms with Gasteiger partial charge in [0, 0.05) is 57.1 Å². The summed E-state index contributed by atoms with van der Waals surface area (Å²) in [5.41, 5.74) is 5.51. The third-order valence-electron chi connectivity index (χ3n) is 5.53. The van der Waals surface area contributed by atoms with Crippen molar-refractivity contribution in [2.75, 3.05) is 106 Å². The van der Waals surface area contributed by atoms with E-state index in [2.05, 4.69) is 11.5 Å². The average Bonchev–Trinajstić information content (AvgIpc) is 2.90. The zero-order valence-corrected chi connectivity index (χ0v) is 27.2. The number of hydrogen-bond acceptors (Lipinski definition) is 9. The van der Waals surface area contributed by atoms with Crippen LogP contribution in [0.4, 0.5) is 0 Å². The van der Waals surface area contributed by atoms with E-state index in [0.29, 0.717) is 25.9 Å². The van der Waals surface area contributed by atoms with Crippen molar-refractivity contribution in [3.05, 3.63) is 12.7 Å². The Hall–Kier alpha value is -0.0400. The van der Waals surface area contributed by atoms with Gasteiger partial charge in [-0.25, -0.2) is 0 Å². The van der Waals surface area contributed by atoms with E-state index < -0.39 is 0 Å². The molecule has 7 nitrogen and oxygen atoms in total. The van der Waals surface area contributed by atoms with Crippen LogP contribution in [0.5, 0.6) is 0 Å². The second-order valence-corrected chi connectivity index (χ2v) is 14.1. The molecule has 0 unspecified atom stereocenters. The number of carbonyl (C=O) groups excluding carboxylic acids is 2. The first-order chi connectivity index (χ1) is 18.5. The first-order valence-electron chi connectivity index (χ1n) is 13.9. The molecule has 0 aromatic heterocycles. The van der Waals surface area contributed by atoms with Crippen LogP contribution in [-0.2, 0) is 9.59 Å². The molecule has 0 atom stereocenters. The Morgan fingerprint density at radius 1 is 0.711 bits per heavy atom. The van der Waals surface area contributed by atoms with Crippen LogP contribution in [0.15, 0.2) is 12.7 Å². The van der Waals surface area contributed by atoms with Gasteiger partial charge in [-0.3, -0.25) is 9.59 Å². The Bertz CT molecular complexity index is 589. The van der Waals surface area contributed by atoms with Crippen LogP contribution < -0.4 is 5.73 Å². The Labute approximate surface area is 250 Å². The summed E-state index contributed by atoms with van der Waals surface area (Å²) >= 11 is 7.59. The SMILES string of the molecule is C=CCN(CCN(C)C)C(=O)CCSCCCSCCCN(CCO)C(=O)CCSCCCSCCCN. The highest BCUT2D eigenvalue weighted by molar-refractivity contribution is 8.00. The van der Waals surface area contributed by atoms with Crippen LogP contribution in [-0.4, -0.2) is 138 Å². The highest BCUT2D eigenvalue weighted by Crippen LogP contribution is 2.13. The topological polar surface area (TPSA) is 90.1 Å². The van der Waals surface area contributed by atoms with Gasteiger partial charge in [-0.1, -0.05) is 6.08 Å². The van der Waals surface area contributed by atoms with Crippen LogP contribution in [0.1, 0.15) is 38.5 Å². The predicted molar refractivity (Wildman–Crippen MR) is 175 cm³/mol. The van der Waals surface area contributed by atoms with Crippen molar-refractivity contribution >= 4 is 58.9 Å². The number of nitrogens with zero attached hydrogens (tertiary/aromatic N) is 3. The Morgan fingerprint density at radius 2 is 1.21 bits per heavy atom. The number of rotatable bonds is 28. The molecule has 0 radical (unpaired) electrons. The maximum atomic E-state index is 12.5. The van der Waals surface area contributed by atoms with Crippen molar-refractivity contribution < 1.29 is 14.7 Å². The van der Waals surface area contributed by atoms with Crippen molar-refractivity contribution in [1.29, 1.82) is 0 Å². The minimum absolute atomic E-state index is 0.0206. The molecule has 0 saturated heterocycles. The molecule has 0 bridgehead atoms. The number of likely N-dealkylation sites (N-methyl/N-ethyl adjacent to an activating group) is 1. The lowest BCUT2D eigenvalue weighted by molar-refractivity contribution is -0.131. The van der Waals surface area contributed by atoms with Crippen molar-refractivity contribution in [2.45, 2.75) is 38.5 Å². The van der Waals surface area contributed by atoms with Gasteiger partial charge in [-0.15, -0.1) is 6.58 Å². The molecule has 0 aliphatic heterocycles. The summed E-state index contributed by atoms with van der Waals surface area (Å²) in [6.07, 6.45) is 7.28. The number of aliphatic hydroxyl groups excluding tert-OH is 1. The number of amides is 2. The second kappa shape index (κ2) is 28.5. The van der Waals surface area contributed by atoms with E-state index in [-0.39, 0.29) is 18.4 Å². The minimum Gasteiger partial charge on any atom is -0.395 e.